The highest BCUT2D eigenvalue weighted by Gasteiger charge is 2.47. The Labute approximate surface area is 336 Å². The molecule has 1 N–H and O–H groups in total. The van der Waals surface area contributed by atoms with Gasteiger partial charge in [0.25, 0.3) is 11.5 Å². The lowest BCUT2D eigenvalue weighted by atomic mass is 9.61. The molecule has 4 fully saturated rings. The van der Waals surface area contributed by atoms with Crippen LogP contribution >= 0.6 is 11.3 Å². The smallest absolute Gasteiger partial charge is 0.268 e. The average Bonchev–Trinajstić information content (AvgIpc) is 3.82. The molecule has 1 aliphatic carbocycles. The van der Waals surface area contributed by atoms with E-state index in [2.05, 4.69) is 27.2 Å². The Balaban J connectivity index is 0.740. The molecule has 12 nitrogen and oxygen atoms in total. The average molecular weight is 794 g/mol. The first-order valence-electron chi connectivity index (χ1n) is 20.3. The molecule has 5 aliphatic rings. The number of aromatic nitrogens is 1. The van der Waals surface area contributed by atoms with Crippen LogP contribution in [-0.4, -0.2) is 96.1 Å². The van der Waals surface area contributed by atoms with Gasteiger partial charge >= 0.3 is 0 Å². The molecule has 3 amide bonds. The molecule has 2 aromatic carbocycles. The molecular weight excluding hydrogens is 743 g/mol. The molecule has 2 aromatic heterocycles. The lowest BCUT2D eigenvalue weighted by molar-refractivity contribution is -0.136. The van der Waals surface area contributed by atoms with E-state index in [1.165, 1.54) is 37.0 Å². The van der Waals surface area contributed by atoms with Crippen molar-refractivity contribution in [2.75, 3.05) is 46.9 Å². The predicted octanol–water partition coefficient (Wildman–Crippen LogP) is 5.58. The van der Waals surface area contributed by atoms with Gasteiger partial charge in [-0.3, -0.25) is 29.4 Å². The molecule has 1 spiro atoms. The summed E-state index contributed by atoms with van der Waals surface area (Å²) in [6.45, 7) is 6.63. The topological polar surface area (TPSA) is 123 Å². The van der Waals surface area contributed by atoms with Crippen LogP contribution in [0.5, 0.6) is 17.2 Å². The Morgan fingerprint density at radius 2 is 1.61 bits per heavy atom. The number of amides is 3. The summed E-state index contributed by atoms with van der Waals surface area (Å²) in [4.78, 5) is 56.6. The molecule has 13 heteroatoms. The zero-order valence-corrected chi connectivity index (χ0v) is 33.8. The van der Waals surface area contributed by atoms with Crippen molar-refractivity contribution in [1.82, 2.24) is 24.6 Å². The van der Waals surface area contributed by atoms with E-state index in [1.807, 2.05) is 35.8 Å². The predicted molar refractivity (Wildman–Crippen MR) is 218 cm³/mol. The van der Waals surface area contributed by atoms with Crippen LogP contribution in [0.15, 0.2) is 52.8 Å². The fourth-order valence-electron chi connectivity index (χ4n) is 10.0. The Bertz CT molecular complexity index is 2250. The summed E-state index contributed by atoms with van der Waals surface area (Å²) in [6.07, 6.45) is 9.58. The quantitative estimate of drug-likeness (QED) is 0.205. The zero-order chi connectivity index (χ0) is 39.4. The van der Waals surface area contributed by atoms with Gasteiger partial charge in [-0.1, -0.05) is 0 Å². The number of benzene rings is 2. The van der Waals surface area contributed by atoms with Crippen molar-refractivity contribution in [3.63, 3.8) is 0 Å². The highest BCUT2D eigenvalue weighted by molar-refractivity contribution is 7.17. The minimum Gasteiger partial charge on any atom is -0.496 e. The molecular formula is C44H51N5O7S. The van der Waals surface area contributed by atoms with Crippen LogP contribution in [0.2, 0.25) is 0 Å². The van der Waals surface area contributed by atoms with Gasteiger partial charge in [0, 0.05) is 55.8 Å². The summed E-state index contributed by atoms with van der Waals surface area (Å²) in [6, 6.07) is 11.2. The number of pyridine rings is 1. The summed E-state index contributed by atoms with van der Waals surface area (Å²) in [7, 11) is 5.23. The number of aryl methyl sites for hydroxylation is 1. The molecule has 57 heavy (non-hydrogen) atoms. The van der Waals surface area contributed by atoms with E-state index in [4.69, 9.17) is 14.2 Å². The Kier molecular flexibility index (Phi) is 10.1. The van der Waals surface area contributed by atoms with Crippen molar-refractivity contribution in [2.24, 2.45) is 18.4 Å². The van der Waals surface area contributed by atoms with Crippen LogP contribution in [0.3, 0.4) is 0 Å². The summed E-state index contributed by atoms with van der Waals surface area (Å²) < 4.78 is 20.7. The fourth-order valence-corrected chi connectivity index (χ4v) is 10.9. The van der Waals surface area contributed by atoms with Crippen molar-refractivity contribution < 1.29 is 28.6 Å². The number of nitrogens with zero attached hydrogens (tertiary/aromatic N) is 4. The molecule has 300 valence electrons. The zero-order valence-electron chi connectivity index (χ0n) is 33.0. The maximum atomic E-state index is 13.1. The molecule has 4 aromatic rings. The minimum atomic E-state index is -0.610. The van der Waals surface area contributed by atoms with Crippen LogP contribution in [0.25, 0.3) is 21.2 Å². The third kappa shape index (κ3) is 7.23. The number of likely N-dealkylation sites (tertiary alicyclic amines) is 2. The largest absolute Gasteiger partial charge is 0.496 e. The molecule has 9 rings (SSSR count). The first-order chi connectivity index (χ1) is 27.6. The summed E-state index contributed by atoms with van der Waals surface area (Å²) in [5, 5.41) is 5.29. The Morgan fingerprint density at radius 1 is 0.877 bits per heavy atom. The number of nitrogens with one attached hydrogen (secondary N) is 1. The molecule has 3 saturated heterocycles. The van der Waals surface area contributed by atoms with Gasteiger partial charge in [0.15, 0.2) is 0 Å². The Hall–Kier alpha value is -4.72. The van der Waals surface area contributed by atoms with Crippen LogP contribution in [0.4, 0.5) is 0 Å². The Morgan fingerprint density at radius 3 is 2.32 bits per heavy atom. The second-order valence-corrected chi connectivity index (χ2v) is 17.8. The number of ether oxygens (including phenoxy) is 3. The molecule has 1 saturated carbocycles. The third-order valence-electron chi connectivity index (χ3n) is 13.4. The lowest BCUT2D eigenvalue weighted by Gasteiger charge is -2.52. The maximum absolute atomic E-state index is 13.1. The number of methoxy groups -OCH3 is 2. The number of carbonyl (C=O) groups excluding carboxylic acids is 3. The second kappa shape index (κ2) is 15.2. The van der Waals surface area contributed by atoms with Crippen molar-refractivity contribution in [2.45, 2.75) is 76.6 Å². The SMILES string of the molecule is COc1cc(-c2cn(C)c(=O)c3sccc23)cc(OC)c1CN1CCC(CN2CCC3(CC2)CC(Oc2ccc4c(c2)CN(C2CCC(=O)NC2=O)C4=O)C3)CC1. The monoisotopic (exact) mass is 793 g/mol. The first-order valence-corrected chi connectivity index (χ1v) is 21.2. The maximum Gasteiger partial charge on any atom is 0.268 e. The van der Waals surface area contributed by atoms with Crippen molar-refractivity contribution in [1.29, 1.82) is 0 Å². The minimum absolute atomic E-state index is 0.0168. The number of fused-ring (bicyclic) bond motifs is 2. The number of carbonyl (C=O) groups is 3. The summed E-state index contributed by atoms with van der Waals surface area (Å²) >= 11 is 1.47. The van der Waals surface area contributed by atoms with Gasteiger partial charge in [-0.2, -0.15) is 0 Å². The van der Waals surface area contributed by atoms with Gasteiger partial charge in [-0.15, -0.1) is 11.3 Å². The number of imide groups is 1. The second-order valence-electron chi connectivity index (χ2n) is 16.9. The van der Waals surface area contributed by atoms with Crippen LogP contribution in [-0.2, 0) is 29.7 Å². The molecule has 0 radical (unpaired) electrons. The first kappa shape index (κ1) is 37.8. The lowest BCUT2D eigenvalue weighted by Crippen LogP contribution is -2.52. The van der Waals surface area contributed by atoms with Gasteiger partial charge in [-0.05, 0) is 135 Å². The van der Waals surface area contributed by atoms with Crippen molar-refractivity contribution >= 4 is 39.1 Å². The van der Waals surface area contributed by atoms with E-state index in [0.717, 1.165) is 102 Å². The van der Waals surface area contributed by atoms with Crippen molar-refractivity contribution in [3.05, 3.63) is 75.0 Å². The molecule has 6 heterocycles. The third-order valence-corrected chi connectivity index (χ3v) is 14.3. The molecule has 1 unspecified atom stereocenters. The van der Waals surface area contributed by atoms with Crippen LogP contribution in [0, 0.1) is 11.3 Å². The molecule has 4 aliphatic heterocycles. The van der Waals surface area contributed by atoms with Gasteiger partial charge in [-0.25, -0.2) is 0 Å². The van der Waals surface area contributed by atoms with Gasteiger partial charge < -0.3 is 28.6 Å². The highest BCUT2D eigenvalue weighted by atomic mass is 32.1. The fraction of sp³-hybridized carbons (Fsp3) is 0.500. The van der Waals surface area contributed by atoms with E-state index < -0.39 is 11.9 Å². The summed E-state index contributed by atoms with van der Waals surface area (Å²) in [5.74, 6) is 2.25. The van der Waals surface area contributed by atoms with Crippen LogP contribution < -0.4 is 25.1 Å². The van der Waals surface area contributed by atoms with E-state index >= 15 is 0 Å². The van der Waals surface area contributed by atoms with E-state index in [-0.39, 0.29) is 29.9 Å². The number of rotatable bonds is 10. The molecule has 0 bridgehead atoms. The van der Waals surface area contributed by atoms with Crippen LogP contribution in [0.1, 0.15) is 72.9 Å². The van der Waals surface area contributed by atoms with Gasteiger partial charge in [0.2, 0.25) is 11.8 Å². The summed E-state index contributed by atoms with van der Waals surface area (Å²) in [5.41, 5.74) is 4.88. The van der Waals surface area contributed by atoms with E-state index in [9.17, 15) is 19.2 Å². The highest BCUT2D eigenvalue weighted by Crippen LogP contribution is 2.51. The van der Waals surface area contributed by atoms with Crippen molar-refractivity contribution in [3.8, 4) is 28.4 Å². The van der Waals surface area contributed by atoms with Gasteiger partial charge in [0.1, 0.15) is 28.0 Å². The van der Waals surface area contributed by atoms with E-state index in [0.29, 0.717) is 29.9 Å². The van der Waals surface area contributed by atoms with Gasteiger partial charge in [0.05, 0.1) is 25.9 Å². The number of thiophene rings is 1. The van der Waals surface area contributed by atoms with E-state index in [1.54, 1.807) is 30.7 Å². The normalized spacial score (nSPS) is 21.8. The standard InChI is InChI=1S/C44H51N5O7S/c1-46-25-34(33-10-17-57-40(33)43(46)53)28-19-37(54-2)35(38(20-28)55-3)26-47-13-8-27(9-14-47)23-48-15-11-44(12-16-48)21-31(22-44)56-30-4-5-32-29(18-30)24-49(42(32)52)36-6-7-39(50)45-41(36)51/h4-5,10,17-20,25,27,31,36H,6-9,11-16,21-24,26H2,1-3H3,(H,45,50,51). The number of hydrogen-bond donors (Lipinski definition) is 1. The molecule has 1 atom stereocenters. The number of hydrogen-bond acceptors (Lipinski definition) is 10. The number of piperidine rings is 3.